The van der Waals surface area contributed by atoms with Crippen molar-refractivity contribution in [3.8, 4) is 0 Å². The lowest BCUT2D eigenvalue weighted by Gasteiger charge is -2.07. The summed E-state index contributed by atoms with van der Waals surface area (Å²) in [5, 5.41) is 2.54. The van der Waals surface area contributed by atoms with E-state index in [1.807, 2.05) is 0 Å². The fourth-order valence-corrected chi connectivity index (χ4v) is 1.71. The highest BCUT2D eigenvalue weighted by Crippen LogP contribution is 2.10. The number of ether oxygens (including phenoxy) is 2. The van der Waals surface area contributed by atoms with Crippen LogP contribution >= 0.6 is 0 Å². The van der Waals surface area contributed by atoms with E-state index in [0.717, 1.165) is 0 Å². The maximum Gasteiger partial charge on any atom is 0.359 e. The molecule has 0 saturated carbocycles. The Morgan fingerprint density at radius 1 is 1.04 bits per heavy atom. The van der Waals surface area contributed by atoms with Crippen LogP contribution in [0.2, 0.25) is 0 Å². The van der Waals surface area contributed by atoms with Crippen molar-refractivity contribution < 1.29 is 23.9 Å². The molecule has 1 amide bonds. The molecule has 0 spiro atoms. The van der Waals surface area contributed by atoms with Crippen molar-refractivity contribution in [2.24, 2.45) is 0 Å². The van der Waals surface area contributed by atoms with Gasteiger partial charge in [-0.15, -0.1) is 0 Å². The molecule has 1 heterocycles. The van der Waals surface area contributed by atoms with E-state index in [0.29, 0.717) is 11.3 Å². The molecule has 0 unspecified atom stereocenters. The summed E-state index contributed by atoms with van der Waals surface area (Å²) < 4.78 is 9.69. The van der Waals surface area contributed by atoms with Crippen LogP contribution in [0.15, 0.2) is 42.9 Å². The molecule has 0 aliphatic heterocycles. The van der Waals surface area contributed by atoms with Gasteiger partial charge in [0.2, 0.25) is 0 Å². The third-order valence-corrected chi connectivity index (χ3v) is 2.79. The third kappa shape index (κ3) is 4.87. The maximum absolute atomic E-state index is 11.8. The minimum atomic E-state index is -0.740. The van der Waals surface area contributed by atoms with Crippen LogP contribution in [0, 0.1) is 0 Å². The summed E-state index contributed by atoms with van der Waals surface area (Å²) in [7, 11) is 0. The molecule has 1 aromatic heterocycles. The van der Waals surface area contributed by atoms with Gasteiger partial charge in [-0.3, -0.25) is 9.78 Å². The zero-order valence-electron chi connectivity index (χ0n) is 12.9. The van der Waals surface area contributed by atoms with Crippen molar-refractivity contribution in [1.82, 2.24) is 9.97 Å². The second-order valence-electron chi connectivity index (χ2n) is 4.51. The van der Waals surface area contributed by atoms with E-state index >= 15 is 0 Å². The average Bonchev–Trinajstić information content (AvgIpc) is 2.61. The number of carbonyl (C=O) groups is 3. The van der Waals surface area contributed by atoms with Gasteiger partial charge in [0, 0.05) is 18.1 Å². The smallest absolute Gasteiger partial charge is 0.359 e. The second kappa shape index (κ2) is 8.37. The number of aromatic nitrogens is 2. The van der Waals surface area contributed by atoms with Crippen molar-refractivity contribution >= 4 is 23.5 Å². The van der Waals surface area contributed by atoms with Gasteiger partial charge < -0.3 is 14.8 Å². The monoisotopic (exact) mass is 329 g/mol. The number of nitrogens with one attached hydrogen (secondary N) is 1. The molecule has 0 aliphatic rings. The fraction of sp³-hybridized carbons (Fsp3) is 0.188. The number of amides is 1. The first-order valence-electron chi connectivity index (χ1n) is 7.10. The van der Waals surface area contributed by atoms with E-state index in [1.165, 1.54) is 30.7 Å². The quantitative estimate of drug-likeness (QED) is 0.799. The third-order valence-electron chi connectivity index (χ3n) is 2.79. The predicted molar refractivity (Wildman–Crippen MR) is 83.3 cm³/mol. The van der Waals surface area contributed by atoms with Crippen molar-refractivity contribution in [1.29, 1.82) is 0 Å². The van der Waals surface area contributed by atoms with E-state index in [2.05, 4.69) is 15.3 Å². The SMILES string of the molecule is CCOC(=O)c1ccc(NC(=O)COC(=O)c2cnccn2)cc1. The molecule has 2 aromatic rings. The van der Waals surface area contributed by atoms with Gasteiger partial charge in [-0.1, -0.05) is 0 Å². The van der Waals surface area contributed by atoms with E-state index in [9.17, 15) is 14.4 Å². The first-order chi connectivity index (χ1) is 11.6. The van der Waals surface area contributed by atoms with Crippen molar-refractivity contribution in [2.75, 3.05) is 18.5 Å². The summed E-state index contributed by atoms with van der Waals surface area (Å²) in [6.45, 7) is 1.54. The van der Waals surface area contributed by atoms with Crippen LogP contribution in [0.5, 0.6) is 0 Å². The van der Waals surface area contributed by atoms with Gasteiger partial charge in [-0.25, -0.2) is 14.6 Å². The molecule has 0 atom stereocenters. The topological polar surface area (TPSA) is 107 Å². The molecule has 2 rings (SSSR count). The Hall–Kier alpha value is -3.29. The highest BCUT2D eigenvalue weighted by atomic mass is 16.5. The van der Waals surface area contributed by atoms with Crippen molar-refractivity contribution in [3.63, 3.8) is 0 Å². The van der Waals surface area contributed by atoms with Gasteiger partial charge in [-0.05, 0) is 31.2 Å². The lowest BCUT2D eigenvalue weighted by molar-refractivity contribution is -0.119. The molecule has 0 fully saturated rings. The average molecular weight is 329 g/mol. The first-order valence-corrected chi connectivity index (χ1v) is 7.10. The molecule has 1 N–H and O–H groups in total. The van der Waals surface area contributed by atoms with Crippen LogP contribution in [0.25, 0.3) is 0 Å². The molecule has 0 bridgehead atoms. The van der Waals surface area contributed by atoms with E-state index in [-0.39, 0.29) is 12.3 Å². The van der Waals surface area contributed by atoms with Crippen LogP contribution < -0.4 is 5.32 Å². The number of rotatable bonds is 6. The number of carbonyl (C=O) groups excluding carboxylic acids is 3. The molecule has 8 nitrogen and oxygen atoms in total. The standard InChI is InChI=1S/C16H15N3O5/c1-2-23-15(21)11-3-5-12(6-4-11)19-14(20)10-24-16(22)13-9-17-7-8-18-13/h3-9H,2,10H2,1H3,(H,19,20). The predicted octanol–water partition coefficient (Wildman–Crippen LogP) is 1.45. The Morgan fingerprint density at radius 3 is 2.42 bits per heavy atom. The van der Waals surface area contributed by atoms with Crippen molar-refractivity contribution in [3.05, 3.63) is 54.1 Å². The summed E-state index contributed by atoms with van der Waals surface area (Å²) in [5.74, 6) is -1.69. The molecular formula is C16H15N3O5. The molecule has 8 heteroatoms. The number of anilines is 1. The Bertz CT molecular complexity index is 716. The van der Waals surface area contributed by atoms with Crippen LogP contribution in [0.1, 0.15) is 27.8 Å². The minimum absolute atomic E-state index is 0.0177. The maximum atomic E-state index is 11.8. The zero-order chi connectivity index (χ0) is 17.4. The van der Waals surface area contributed by atoms with Gasteiger partial charge >= 0.3 is 11.9 Å². The lowest BCUT2D eigenvalue weighted by Crippen LogP contribution is -2.21. The summed E-state index contributed by atoms with van der Waals surface area (Å²) in [6, 6.07) is 6.15. The summed E-state index contributed by atoms with van der Waals surface area (Å²) in [6.07, 6.45) is 4.01. The lowest BCUT2D eigenvalue weighted by atomic mass is 10.2. The number of hydrogen-bond acceptors (Lipinski definition) is 7. The number of nitrogens with zero attached hydrogens (tertiary/aromatic N) is 2. The van der Waals surface area contributed by atoms with E-state index in [1.54, 1.807) is 19.1 Å². The van der Waals surface area contributed by atoms with Gasteiger partial charge in [0.1, 0.15) is 0 Å². The molecule has 0 radical (unpaired) electrons. The summed E-state index contributed by atoms with van der Waals surface area (Å²) in [5.41, 5.74) is 0.858. The minimum Gasteiger partial charge on any atom is -0.462 e. The van der Waals surface area contributed by atoms with E-state index < -0.39 is 24.5 Å². The largest absolute Gasteiger partial charge is 0.462 e. The molecule has 0 aliphatic carbocycles. The van der Waals surface area contributed by atoms with Crippen LogP contribution in [-0.4, -0.2) is 41.0 Å². The Kier molecular flexibility index (Phi) is 5.95. The normalized spacial score (nSPS) is 9.88. The number of esters is 2. The van der Waals surface area contributed by atoms with Gasteiger partial charge in [0.25, 0.3) is 5.91 Å². The number of hydrogen-bond donors (Lipinski definition) is 1. The molecule has 124 valence electrons. The molecule has 1 aromatic carbocycles. The fourth-order valence-electron chi connectivity index (χ4n) is 1.71. The second-order valence-corrected chi connectivity index (χ2v) is 4.51. The number of benzene rings is 1. The first kappa shape index (κ1) is 17.1. The Labute approximate surface area is 137 Å². The Balaban J connectivity index is 1.84. The highest BCUT2D eigenvalue weighted by Gasteiger charge is 2.12. The van der Waals surface area contributed by atoms with Crippen molar-refractivity contribution in [2.45, 2.75) is 6.92 Å². The van der Waals surface area contributed by atoms with Crippen LogP contribution in [0.4, 0.5) is 5.69 Å². The van der Waals surface area contributed by atoms with E-state index in [4.69, 9.17) is 9.47 Å². The summed E-state index contributed by atoms with van der Waals surface area (Å²) >= 11 is 0. The van der Waals surface area contributed by atoms with Gasteiger partial charge in [-0.2, -0.15) is 0 Å². The highest BCUT2D eigenvalue weighted by molar-refractivity contribution is 5.95. The van der Waals surface area contributed by atoms with Crippen LogP contribution in [-0.2, 0) is 14.3 Å². The van der Waals surface area contributed by atoms with Gasteiger partial charge in [0.05, 0.1) is 18.4 Å². The molecule has 0 saturated heterocycles. The van der Waals surface area contributed by atoms with Crippen LogP contribution in [0.3, 0.4) is 0 Å². The Morgan fingerprint density at radius 2 is 1.79 bits per heavy atom. The summed E-state index contributed by atoms with van der Waals surface area (Å²) in [4.78, 5) is 42.4. The molecular weight excluding hydrogens is 314 g/mol. The molecule has 24 heavy (non-hydrogen) atoms. The zero-order valence-corrected chi connectivity index (χ0v) is 12.9. The van der Waals surface area contributed by atoms with Gasteiger partial charge in [0.15, 0.2) is 12.3 Å².